The first-order chi connectivity index (χ1) is 15.0. The number of carbonyl (C=O) groups is 2. The lowest BCUT2D eigenvalue weighted by molar-refractivity contribution is -0.146. The molecule has 0 atom stereocenters. The lowest BCUT2D eigenvalue weighted by Gasteiger charge is -2.13. The van der Waals surface area contributed by atoms with E-state index in [4.69, 9.17) is 14.2 Å². The fourth-order valence-corrected chi connectivity index (χ4v) is 3.49. The normalized spacial score (nSPS) is 10.3. The topological polar surface area (TPSA) is 73.9 Å². The van der Waals surface area contributed by atoms with Crippen molar-refractivity contribution in [3.63, 3.8) is 0 Å². The largest absolute Gasteiger partial charge is 0.493 e. The Morgan fingerprint density at radius 2 is 1.55 bits per heavy atom. The van der Waals surface area contributed by atoms with E-state index in [0.717, 1.165) is 11.1 Å². The molecule has 1 N–H and O–H groups in total. The predicted octanol–water partition coefficient (Wildman–Crippen LogP) is 4.86. The minimum Gasteiger partial charge on any atom is -0.493 e. The molecule has 0 radical (unpaired) electrons. The second-order valence-electron chi connectivity index (χ2n) is 6.60. The molecule has 0 spiro atoms. The molecule has 3 aromatic rings. The molecule has 0 heterocycles. The van der Waals surface area contributed by atoms with E-state index in [1.54, 1.807) is 12.1 Å². The Balaban J connectivity index is 1.61. The van der Waals surface area contributed by atoms with E-state index in [1.807, 2.05) is 54.6 Å². The number of amides is 1. The number of hydrogen-bond acceptors (Lipinski definition) is 5. The molecule has 0 bridgehead atoms. The number of esters is 1. The minimum atomic E-state index is -0.528. The van der Waals surface area contributed by atoms with Crippen molar-refractivity contribution in [1.82, 2.24) is 0 Å². The summed E-state index contributed by atoms with van der Waals surface area (Å²) in [7, 11) is 3.05. The zero-order valence-corrected chi connectivity index (χ0v) is 18.8. The summed E-state index contributed by atoms with van der Waals surface area (Å²) in [6.07, 6.45) is -0.0190. The third kappa shape index (κ3) is 5.86. The number of ether oxygens (including phenoxy) is 3. The van der Waals surface area contributed by atoms with Crippen LogP contribution in [0.3, 0.4) is 0 Å². The molecular weight excluding hydrogens is 462 g/mol. The molecule has 0 unspecified atom stereocenters. The van der Waals surface area contributed by atoms with E-state index in [1.165, 1.54) is 14.2 Å². The molecule has 0 fully saturated rings. The highest BCUT2D eigenvalue weighted by molar-refractivity contribution is 9.10. The fraction of sp³-hybridized carbons (Fsp3) is 0.167. The number of methoxy groups -OCH3 is 2. The number of nitrogens with one attached hydrogen (secondary N) is 1. The maximum Gasteiger partial charge on any atom is 0.310 e. The van der Waals surface area contributed by atoms with E-state index in [-0.39, 0.29) is 13.0 Å². The maximum absolute atomic E-state index is 12.4. The number of carbonyl (C=O) groups excluding carboxylic acids is 2. The average Bonchev–Trinajstić information content (AvgIpc) is 2.79. The number of halogens is 1. The van der Waals surface area contributed by atoms with Gasteiger partial charge in [-0.3, -0.25) is 9.59 Å². The van der Waals surface area contributed by atoms with Crippen molar-refractivity contribution < 1.29 is 23.8 Å². The number of anilines is 1. The summed E-state index contributed by atoms with van der Waals surface area (Å²) in [6.45, 7) is -0.382. The smallest absolute Gasteiger partial charge is 0.310 e. The van der Waals surface area contributed by atoms with Crippen LogP contribution in [0, 0.1) is 0 Å². The second-order valence-corrected chi connectivity index (χ2v) is 7.45. The summed E-state index contributed by atoms with van der Waals surface area (Å²) in [4.78, 5) is 24.6. The quantitative estimate of drug-likeness (QED) is 0.463. The molecule has 3 aromatic carbocycles. The van der Waals surface area contributed by atoms with E-state index in [9.17, 15) is 9.59 Å². The number of rotatable bonds is 8. The van der Waals surface area contributed by atoms with Crippen LogP contribution < -0.4 is 14.8 Å². The Kier molecular flexibility index (Phi) is 7.67. The van der Waals surface area contributed by atoms with Crippen molar-refractivity contribution in [3.8, 4) is 22.6 Å². The summed E-state index contributed by atoms with van der Waals surface area (Å²) in [5.74, 6) is 0.106. The summed E-state index contributed by atoms with van der Waals surface area (Å²) < 4.78 is 16.3. The number of hydrogen-bond donors (Lipinski definition) is 1. The molecule has 0 aliphatic heterocycles. The van der Waals surface area contributed by atoms with Crippen LogP contribution in [-0.2, 0) is 20.7 Å². The van der Waals surface area contributed by atoms with Crippen LogP contribution in [0.1, 0.15) is 5.56 Å². The molecule has 7 heteroatoms. The molecule has 3 rings (SSSR count). The Morgan fingerprint density at radius 1 is 0.903 bits per heavy atom. The van der Waals surface area contributed by atoms with Crippen molar-refractivity contribution >= 4 is 33.5 Å². The van der Waals surface area contributed by atoms with Gasteiger partial charge < -0.3 is 19.5 Å². The van der Waals surface area contributed by atoms with Gasteiger partial charge in [0.2, 0.25) is 0 Å². The summed E-state index contributed by atoms with van der Waals surface area (Å²) >= 11 is 3.41. The van der Waals surface area contributed by atoms with Gasteiger partial charge in [0.15, 0.2) is 18.1 Å². The summed E-state index contributed by atoms with van der Waals surface area (Å²) in [5, 5.41) is 2.81. The van der Waals surface area contributed by atoms with Gasteiger partial charge in [0.1, 0.15) is 0 Å². The molecule has 6 nitrogen and oxygen atoms in total. The van der Waals surface area contributed by atoms with Gasteiger partial charge in [0.05, 0.1) is 20.6 Å². The van der Waals surface area contributed by atoms with Crippen molar-refractivity contribution in [2.45, 2.75) is 6.42 Å². The van der Waals surface area contributed by atoms with Gasteiger partial charge in [-0.25, -0.2) is 0 Å². The molecule has 0 saturated heterocycles. The highest BCUT2D eigenvalue weighted by Crippen LogP contribution is 2.33. The molecule has 1 amide bonds. The van der Waals surface area contributed by atoms with Crippen molar-refractivity contribution in [2.75, 3.05) is 26.1 Å². The van der Waals surface area contributed by atoms with E-state index >= 15 is 0 Å². The zero-order valence-electron chi connectivity index (χ0n) is 17.2. The molecule has 31 heavy (non-hydrogen) atoms. The highest BCUT2D eigenvalue weighted by Gasteiger charge is 2.15. The first kappa shape index (κ1) is 22.4. The van der Waals surface area contributed by atoms with Crippen LogP contribution in [0.4, 0.5) is 5.69 Å². The Labute approximate surface area is 189 Å². The molecule has 0 aliphatic carbocycles. The lowest BCUT2D eigenvalue weighted by Crippen LogP contribution is -2.22. The Bertz CT molecular complexity index is 1070. The van der Waals surface area contributed by atoms with Gasteiger partial charge in [-0.2, -0.15) is 0 Å². The van der Waals surface area contributed by atoms with Crippen LogP contribution in [0.2, 0.25) is 0 Å². The van der Waals surface area contributed by atoms with Gasteiger partial charge in [0.25, 0.3) is 5.91 Å². The van der Waals surface area contributed by atoms with Crippen LogP contribution >= 0.6 is 15.9 Å². The molecule has 0 saturated carbocycles. The molecule has 0 aliphatic rings. The van der Waals surface area contributed by atoms with Gasteiger partial charge in [-0.05, 0) is 29.3 Å². The molecule has 0 aromatic heterocycles. The Morgan fingerprint density at radius 3 is 2.26 bits per heavy atom. The molecular formula is C24H22BrNO5. The fourth-order valence-electron chi connectivity index (χ4n) is 3.03. The first-order valence-electron chi connectivity index (χ1n) is 9.52. The first-order valence-corrected chi connectivity index (χ1v) is 10.3. The monoisotopic (exact) mass is 483 g/mol. The van der Waals surface area contributed by atoms with Crippen molar-refractivity contribution in [1.29, 1.82) is 0 Å². The van der Waals surface area contributed by atoms with Crippen LogP contribution in [-0.4, -0.2) is 32.7 Å². The van der Waals surface area contributed by atoms with Crippen LogP contribution in [0.25, 0.3) is 11.1 Å². The average molecular weight is 484 g/mol. The van der Waals surface area contributed by atoms with E-state index in [2.05, 4.69) is 21.2 Å². The van der Waals surface area contributed by atoms with E-state index < -0.39 is 11.9 Å². The highest BCUT2D eigenvalue weighted by atomic mass is 79.9. The van der Waals surface area contributed by atoms with Crippen molar-refractivity contribution in [2.24, 2.45) is 0 Å². The maximum atomic E-state index is 12.4. The van der Waals surface area contributed by atoms with Crippen LogP contribution in [0.15, 0.2) is 71.2 Å². The zero-order chi connectivity index (χ0) is 22.2. The number of benzene rings is 3. The van der Waals surface area contributed by atoms with Gasteiger partial charge in [0, 0.05) is 15.7 Å². The van der Waals surface area contributed by atoms with Gasteiger partial charge in [-0.1, -0.05) is 64.5 Å². The second kappa shape index (κ2) is 10.6. The Hall–Kier alpha value is -3.32. The standard InChI is InChI=1S/C24H22BrNO5/c1-29-21-12-17(19(25)14-22(21)30-2)13-24(28)31-15-23(27)26-20-11-7-6-10-18(20)16-8-4-3-5-9-16/h3-12,14H,13,15H2,1-2H3,(H,26,27). The third-order valence-electron chi connectivity index (χ3n) is 4.54. The van der Waals surface area contributed by atoms with Crippen molar-refractivity contribution in [3.05, 3.63) is 76.8 Å². The predicted molar refractivity (Wildman–Crippen MR) is 122 cm³/mol. The number of para-hydroxylation sites is 1. The molecule has 160 valence electrons. The van der Waals surface area contributed by atoms with Gasteiger partial charge in [-0.15, -0.1) is 0 Å². The lowest BCUT2D eigenvalue weighted by atomic mass is 10.0. The summed E-state index contributed by atoms with van der Waals surface area (Å²) in [5.41, 5.74) is 3.18. The summed E-state index contributed by atoms with van der Waals surface area (Å²) in [6, 6.07) is 20.6. The van der Waals surface area contributed by atoms with Crippen LogP contribution in [0.5, 0.6) is 11.5 Å². The van der Waals surface area contributed by atoms with Gasteiger partial charge >= 0.3 is 5.97 Å². The third-order valence-corrected chi connectivity index (χ3v) is 5.28. The van der Waals surface area contributed by atoms with E-state index in [0.29, 0.717) is 27.2 Å². The SMILES string of the molecule is COc1cc(Br)c(CC(=O)OCC(=O)Nc2ccccc2-c2ccccc2)cc1OC. The minimum absolute atomic E-state index is 0.0190.